The molecule has 128 valence electrons. The number of benzene rings is 1. The van der Waals surface area contributed by atoms with Gasteiger partial charge >= 0.3 is 0 Å². The van der Waals surface area contributed by atoms with E-state index in [0.29, 0.717) is 17.2 Å². The van der Waals surface area contributed by atoms with Gasteiger partial charge in [-0.25, -0.2) is 0 Å². The summed E-state index contributed by atoms with van der Waals surface area (Å²) in [6.45, 7) is 1.87. The van der Waals surface area contributed by atoms with Crippen LogP contribution in [-0.2, 0) is 4.79 Å². The molecular weight excluding hydrogens is 390 g/mol. The van der Waals surface area contributed by atoms with Crippen molar-refractivity contribution >= 4 is 33.6 Å². The van der Waals surface area contributed by atoms with Crippen LogP contribution in [0.5, 0.6) is 0 Å². The lowest BCUT2D eigenvalue weighted by Crippen LogP contribution is -2.40. The molecule has 0 radical (unpaired) electrons. The number of amides is 1. The van der Waals surface area contributed by atoms with Crippen LogP contribution in [0, 0.1) is 0 Å². The third-order valence-electron chi connectivity index (χ3n) is 4.08. The van der Waals surface area contributed by atoms with E-state index in [-0.39, 0.29) is 11.2 Å². The first-order valence-electron chi connectivity index (χ1n) is 8.18. The highest BCUT2D eigenvalue weighted by Crippen LogP contribution is 2.28. The average Bonchev–Trinajstić information content (AvgIpc) is 3.04. The molecule has 1 heterocycles. The van der Waals surface area contributed by atoms with E-state index in [1.54, 1.807) is 0 Å². The number of halogens is 1. The minimum absolute atomic E-state index is 0.0362. The predicted molar refractivity (Wildman–Crippen MR) is 97.8 cm³/mol. The molecule has 1 aliphatic carbocycles. The van der Waals surface area contributed by atoms with Crippen molar-refractivity contribution in [2.75, 3.05) is 0 Å². The molecule has 1 N–H and O–H groups in total. The predicted octanol–water partition coefficient (Wildman–Crippen LogP) is 4.43. The molecule has 0 aliphatic heterocycles. The maximum Gasteiger partial charge on any atom is 0.277 e. The molecule has 0 unspecified atom stereocenters. The van der Waals surface area contributed by atoms with Crippen molar-refractivity contribution < 1.29 is 9.21 Å². The summed E-state index contributed by atoms with van der Waals surface area (Å²) in [6.07, 6.45) is 5.84. The second kappa shape index (κ2) is 8.16. The van der Waals surface area contributed by atoms with Crippen LogP contribution >= 0.6 is 27.7 Å². The molecule has 1 aromatic carbocycles. The quantitative estimate of drug-likeness (QED) is 0.739. The topological polar surface area (TPSA) is 68.0 Å². The molecule has 1 fully saturated rings. The Balaban J connectivity index is 1.58. The van der Waals surface area contributed by atoms with Crippen molar-refractivity contribution in [1.82, 2.24) is 15.5 Å². The van der Waals surface area contributed by atoms with Crippen molar-refractivity contribution in [3.63, 3.8) is 0 Å². The molecule has 3 rings (SSSR count). The highest BCUT2D eigenvalue weighted by atomic mass is 79.9. The SMILES string of the molecule is C[C@H](Sc1nnc(-c2cccc(Br)c2)o1)C(=O)NC1CCCCC1. The molecule has 1 aliphatic rings. The van der Waals surface area contributed by atoms with Crippen molar-refractivity contribution in [3.8, 4) is 11.5 Å². The molecule has 1 atom stereocenters. The Hall–Kier alpha value is -1.34. The lowest BCUT2D eigenvalue weighted by atomic mass is 9.95. The zero-order valence-electron chi connectivity index (χ0n) is 13.5. The number of rotatable bonds is 5. The number of nitrogens with zero attached hydrogens (tertiary/aromatic N) is 2. The summed E-state index contributed by atoms with van der Waals surface area (Å²) in [4.78, 5) is 12.3. The molecule has 0 spiro atoms. The lowest BCUT2D eigenvalue weighted by molar-refractivity contribution is -0.121. The van der Waals surface area contributed by atoms with Gasteiger partial charge in [0.1, 0.15) is 0 Å². The van der Waals surface area contributed by atoms with Crippen LogP contribution in [-0.4, -0.2) is 27.4 Å². The molecular formula is C17H20BrN3O2S. The number of carbonyl (C=O) groups is 1. The monoisotopic (exact) mass is 409 g/mol. The van der Waals surface area contributed by atoms with Gasteiger partial charge in [-0.05, 0) is 38.0 Å². The highest BCUT2D eigenvalue weighted by molar-refractivity contribution is 9.10. The van der Waals surface area contributed by atoms with E-state index in [9.17, 15) is 4.79 Å². The van der Waals surface area contributed by atoms with Gasteiger partial charge in [0.2, 0.25) is 11.8 Å². The maximum atomic E-state index is 12.3. The Bertz CT molecular complexity index is 701. The summed E-state index contributed by atoms with van der Waals surface area (Å²) in [6, 6.07) is 7.99. The molecule has 7 heteroatoms. The van der Waals surface area contributed by atoms with E-state index >= 15 is 0 Å². The Morgan fingerprint density at radius 3 is 2.88 bits per heavy atom. The Morgan fingerprint density at radius 2 is 2.12 bits per heavy atom. The summed E-state index contributed by atoms with van der Waals surface area (Å²) in [5.41, 5.74) is 0.850. The van der Waals surface area contributed by atoms with Gasteiger partial charge in [-0.2, -0.15) is 0 Å². The highest BCUT2D eigenvalue weighted by Gasteiger charge is 2.22. The fourth-order valence-corrected chi connectivity index (χ4v) is 3.86. The Morgan fingerprint density at radius 1 is 1.33 bits per heavy atom. The van der Waals surface area contributed by atoms with Crippen molar-refractivity contribution in [3.05, 3.63) is 28.7 Å². The summed E-state index contributed by atoms with van der Waals surface area (Å²) < 4.78 is 6.63. The largest absolute Gasteiger partial charge is 0.411 e. The maximum absolute atomic E-state index is 12.3. The number of hydrogen-bond donors (Lipinski definition) is 1. The van der Waals surface area contributed by atoms with Crippen LogP contribution in [0.15, 0.2) is 38.4 Å². The summed E-state index contributed by atoms with van der Waals surface area (Å²) in [5, 5.41) is 11.4. The van der Waals surface area contributed by atoms with Gasteiger partial charge in [-0.3, -0.25) is 4.79 Å². The summed E-state index contributed by atoms with van der Waals surface area (Å²) in [7, 11) is 0. The third kappa shape index (κ3) is 4.60. The molecule has 1 amide bonds. The van der Waals surface area contributed by atoms with E-state index in [1.165, 1.54) is 31.0 Å². The third-order valence-corrected chi connectivity index (χ3v) is 5.50. The lowest BCUT2D eigenvalue weighted by Gasteiger charge is -2.23. The second-order valence-corrected chi connectivity index (χ2v) is 8.19. The first-order valence-corrected chi connectivity index (χ1v) is 9.85. The number of aromatic nitrogens is 2. The molecule has 1 aromatic heterocycles. The van der Waals surface area contributed by atoms with Crippen LogP contribution in [0.25, 0.3) is 11.5 Å². The van der Waals surface area contributed by atoms with Crippen LogP contribution in [0.2, 0.25) is 0 Å². The first-order chi connectivity index (χ1) is 11.6. The van der Waals surface area contributed by atoms with Crippen LogP contribution in [0.4, 0.5) is 0 Å². The molecule has 5 nitrogen and oxygen atoms in total. The summed E-state index contributed by atoms with van der Waals surface area (Å²) in [5.74, 6) is 0.493. The van der Waals surface area contributed by atoms with Gasteiger partial charge in [0, 0.05) is 16.1 Å². The smallest absolute Gasteiger partial charge is 0.277 e. The van der Waals surface area contributed by atoms with E-state index in [1.807, 2.05) is 31.2 Å². The number of nitrogens with one attached hydrogen (secondary N) is 1. The fourth-order valence-electron chi connectivity index (χ4n) is 2.77. The molecule has 2 aromatic rings. The summed E-state index contributed by atoms with van der Waals surface area (Å²) >= 11 is 4.72. The van der Waals surface area contributed by atoms with E-state index in [4.69, 9.17) is 4.42 Å². The van der Waals surface area contributed by atoms with E-state index < -0.39 is 0 Å². The fraction of sp³-hybridized carbons (Fsp3) is 0.471. The normalized spacial score (nSPS) is 16.8. The molecule has 24 heavy (non-hydrogen) atoms. The van der Waals surface area contributed by atoms with Gasteiger partial charge in [-0.1, -0.05) is 53.0 Å². The van der Waals surface area contributed by atoms with Crippen LogP contribution in [0.3, 0.4) is 0 Å². The molecule has 0 bridgehead atoms. The van der Waals surface area contributed by atoms with E-state index in [0.717, 1.165) is 22.9 Å². The molecule has 0 saturated heterocycles. The van der Waals surface area contributed by atoms with Gasteiger partial charge in [0.25, 0.3) is 5.22 Å². The van der Waals surface area contributed by atoms with Crippen molar-refractivity contribution in [2.24, 2.45) is 0 Å². The first kappa shape index (κ1) is 17.5. The van der Waals surface area contributed by atoms with Crippen LogP contribution in [0.1, 0.15) is 39.0 Å². The minimum Gasteiger partial charge on any atom is -0.411 e. The van der Waals surface area contributed by atoms with Gasteiger partial charge in [0.05, 0.1) is 5.25 Å². The van der Waals surface area contributed by atoms with Gasteiger partial charge in [0.15, 0.2) is 0 Å². The van der Waals surface area contributed by atoms with Gasteiger partial charge < -0.3 is 9.73 Å². The molecule has 1 saturated carbocycles. The standard InChI is InChI=1S/C17H20BrN3O2S/c1-11(15(22)19-14-8-3-2-4-9-14)24-17-21-20-16(23-17)12-6-5-7-13(18)10-12/h5-7,10-11,14H,2-4,8-9H2,1H3,(H,19,22)/t11-/m0/s1. The zero-order valence-corrected chi connectivity index (χ0v) is 15.9. The van der Waals surface area contributed by atoms with Gasteiger partial charge in [-0.15, -0.1) is 10.2 Å². The minimum atomic E-state index is -0.261. The second-order valence-electron chi connectivity index (χ2n) is 5.99. The van der Waals surface area contributed by atoms with Crippen molar-refractivity contribution in [2.45, 2.75) is 55.5 Å². The zero-order chi connectivity index (χ0) is 16.9. The van der Waals surface area contributed by atoms with Crippen molar-refractivity contribution in [1.29, 1.82) is 0 Å². The number of carbonyl (C=O) groups excluding carboxylic acids is 1. The van der Waals surface area contributed by atoms with E-state index in [2.05, 4.69) is 31.4 Å². The number of hydrogen-bond acceptors (Lipinski definition) is 5. The Kier molecular flexibility index (Phi) is 5.94. The number of thioether (sulfide) groups is 1. The van der Waals surface area contributed by atoms with Crippen LogP contribution < -0.4 is 5.32 Å². The Labute approximate surface area is 154 Å². The average molecular weight is 410 g/mol.